The molecule has 0 aromatic heterocycles. The van der Waals surface area contributed by atoms with E-state index >= 15 is 0 Å². The van der Waals surface area contributed by atoms with Crippen LogP contribution in [0.3, 0.4) is 0 Å². The van der Waals surface area contributed by atoms with Gasteiger partial charge in [-0.15, -0.1) is 0 Å². The molecule has 5 heteroatoms. The predicted molar refractivity (Wildman–Crippen MR) is 138 cm³/mol. The van der Waals surface area contributed by atoms with Crippen molar-refractivity contribution >= 4 is 0 Å². The van der Waals surface area contributed by atoms with Gasteiger partial charge in [-0.05, 0) is 97.3 Å². The number of benzene rings is 3. The first-order valence-electron chi connectivity index (χ1n) is 12.8. The van der Waals surface area contributed by atoms with Crippen molar-refractivity contribution in [2.75, 3.05) is 26.8 Å². The van der Waals surface area contributed by atoms with Crippen LogP contribution in [0.4, 0.5) is 4.39 Å². The van der Waals surface area contributed by atoms with Gasteiger partial charge < -0.3 is 20.1 Å². The van der Waals surface area contributed by atoms with E-state index in [9.17, 15) is 4.39 Å². The van der Waals surface area contributed by atoms with Crippen molar-refractivity contribution in [1.29, 1.82) is 0 Å². The number of hydrogen-bond acceptors (Lipinski definition) is 4. The Labute approximate surface area is 207 Å². The number of ether oxygens (including phenoxy) is 2. The number of rotatable bonds is 8. The van der Waals surface area contributed by atoms with Gasteiger partial charge in [0.15, 0.2) is 0 Å². The van der Waals surface area contributed by atoms with Crippen LogP contribution in [-0.4, -0.2) is 32.8 Å². The Kier molecular flexibility index (Phi) is 7.35. The molecular formula is C30H35FN2O2. The Hall–Kier alpha value is -2.89. The molecule has 0 spiro atoms. The van der Waals surface area contributed by atoms with Crippen LogP contribution in [0.1, 0.15) is 47.9 Å². The van der Waals surface area contributed by atoms with E-state index in [-0.39, 0.29) is 5.82 Å². The zero-order valence-electron chi connectivity index (χ0n) is 20.5. The molecule has 3 aromatic carbocycles. The average molecular weight is 475 g/mol. The lowest BCUT2D eigenvalue weighted by molar-refractivity contribution is 0.268. The lowest BCUT2D eigenvalue weighted by Gasteiger charge is -2.41. The Bertz CT molecular complexity index is 1110. The van der Waals surface area contributed by atoms with E-state index in [1.807, 2.05) is 18.2 Å². The fourth-order valence-corrected chi connectivity index (χ4v) is 5.58. The van der Waals surface area contributed by atoms with E-state index in [0.29, 0.717) is 6.04 Å². The molecule has 0 saturated carbocycles. The van der Waals surface area contributed by atoms with E-state index in [2.05, 4.69) is 47.0 Å². The van der Waals surface area contributed by atoms with Crippen molar-refractivity contribution in [1.82, 2.24) is 10.6 Å². The minimum Gasteiger partial charge on any atom is -0.497 e. The molecular weight excluding hydrogens is 439 g/mol. The summed E-state index contributed by atoms with van der Waals surface area (Å²) in [4.78, 5) is 0. The first-order valence-corrected chi connectivity index (χ1v) is 12.8. The largest absolute Gasteiger partial charge is 0.497 e. The van der Waals surface area contributed by atoms with E-state index in [1.165, 1.54) is 36.0 Å². The summed E-state index contributed by atoms with van der Waals surface area (Å²) in [6.07, 6.45) is 6.56. The summed E-state index contributed by atoms with van der Waals surface area (Å²) in [5.41, 5.74) is 4.31. The predicted octanol–water partition coefficient (Wildman–Crippen LogP) is 5.38. The van der Waals surface area contributed by atoms with Crippen molar-refractivity contribution in [2.24, 2.45) is 0 Å². The molecule has 4 nitrogen and oxygen atoms in total. The molecule has 2 N–H and O–H groups in total. The summed E-state index contributed by atoms with van der Waals surface area (Å²) in [5.74, 6) is 1.55. The standard InChI is InChI=1S/C30H35FN2O2/c1-34-28-13-14-29-23(20-28)15-18-33-30(29,24-7-9-25(31)10-8-24)21-22-5-11-27(12-6-22)35-19-16-26-4-2-3-17-32-26/h5-14,20,26,32-33H,2-4,15-19,21H2,1H3. The minimum absolute atomic E-state index is 0.223. The average Bonchev–Trinajstić information content (AvgIpc) is 2.90. The molecule has 0 amide bonds. The number of nitrogens with one attached hydrogen (secondary N) is 2. The van der Waals surface area contributed by atoms with Crippen LogP contribution < -0.4 is 20.1 Å². The maximum atomic E-state index is 13.8. The van der Waals surface area contributed by atoms with Crippen molar-refractivity contribution in [3.63, 3.8) is 0 Å². The second-order valence-electron chi connectivity index (χ2n) is 9.72. The molecule has 2 aliphatic heterocycles. The monoisotopic (exact) mass is 474 g/mol. The maximum Gasteiger partial charge on any atom is 0.123 e. The minimum atomic E-state index is -0.442. The second kappa shape index (κ2) is 10.8. The highest BCUT2D eigenvalue weighted by Crippen LogP contribution is 2.39. The van der Waals surface area contributed by atoms with Gasteiger partial charge in [0.05, 0.1) is 19.3 Å². The van der Waals surface area contributed by atoms with Gasteiger partial charge in [0.25, 0.3) is 0 Å². The summed E-state index contributed by atoms with van der Waals surface area (Å²) in [5, 5.41) is 7.37. The van der Waals surface area contributed by atoms with Gasteiger partial charge in [0.1, 0.15) is 17.3 Å². The van der Waals surface area contributed by atoms with Gasteiger partial charge in [-0.3, -0.25) is 0 Å². The Morgan fingerprint density at radius 3 is 2.49 bits per heavy atom. The molecule has 0 bridgehead atoms. The smallest absolute Gasteiger partial charge is 0.123 e. The van der Waals surface area contributed by atoms with E-state index in [4.69, 9.17) is 9.47 Å². The lowest BCUT2D eigenvalue weighted by atomic mass is 9.73. The molecule has 5 rings (SSSR count). The molecule has 2 unspecified atom stereocenters. The summed E-state index contributed by atoms with van der Waals surface area (Å²) < 4.78 is 25.3. The van der Waals surface area contributed by atoms with Crippen LogP contribution in [-0.2, 0) is 18.4 Å². The molecule has 3 aromatic rings. The second-order valence-corrected chi connectivity index (χ2v) is 9.72. The number of fused-ring (bicyclic) bond motifs is 1. The third kappa shape index (κ3) is 5.36. The zero-order chi connectivity index (χ0) is 24.1. The Morgan fingerprint density at radius 1 is 0.943 bits per heavy atom. The first kappa shape index (κ1) is 23.8. The van der Waals surface area contributed by atoms with Crippen LogP contribution >= 0.6 is 0 Å². The molecule has 2 heterocycles. The summed E-state index contributed by atoms with van der Waals surface area (Å²) in [7, 11) is 1.70. The van der Waals surface area contributed by atoms with Crippen LogP contribution in [0.15, 0.2) is 66.7 Å². The summed E-state index contributed by atoms with van der Waals surface area (Å²) >= 11 is 0. The molecule has 1 saturated heterocycles. The van der Waals surface area contributed by atoms with Crippen LogP contribution in [0.2, 0.25) is 0 Å². The van der Waals surface area contributed by atoms with E-state index < -0.39 is 5.54 Å². The topological polar surface area (TPSA) is 42.5 Å². The molecule has 35 heavy (non-hydrogen) atoms. The van der Waals surface area contributed by atoms with Crippen molar-refractivity contribution < 1.29 is 13.9 Å². The molecule has 184 valence electrons. The van der Waals surface area contributed by atoms with Gasteiger partial charge in [-0.25, -0.2) is 4.39 Å². The molecule has 1 fully saturated rings. The maximum absolute atomic E-state index is 13.8. The summed E-state index contributed by atoms with van der Waals surface area (Å²) in [6, 6.07) is 22.2. The third-order valence-electron chi connectivity index (χ3n) is 7.47. The quantitative estimate of drug-likeness (QED) is 0.460. The van der Waals surface area contributed by atoms with Crippen LogP contribution in [0.25, 0.3) is 0 Å². The normalized spacial score (nSPS) is 21.8. The van der Waals surface area contributed by atoms with Gasteiger partial charge in [0, 0.05) is 12.6 Å². The number of halogens is 1. The third-order valence-corrected chi connectivity index (χ3v) is 7.47. The SMILES string of the molecule is COc1ccc2c(c1)CCNC2(Cc1ccc(OCCC2CCCCN2)cc1)c1ccc(F)cc1. The highest BCUT2D eigenvalue weighted by molar-refractivity contribution is 5.49. The molecule has 0 aliphatic carbocycles. The van der Waals surface area contributed by atoms with Gasteiger partial charge in [-0.2, -0.15) is 0 Å². The highest BCUT2D eigenvalue weighted by Gasteiger charge is 2.38. The molecule has 2 aliphatic rings. The lowest BCUT2D eigenvalue weighted by Crippen LogP contribution is -2.49. The Morgan fingerprint density at radius 2 is 1.74 bits per heavy atom. The Balaban J connectivity index is 1.37. The first-order chi connectivity index (χ1) is 17.2. The van der Waals surface area contributed by atoms with Crippen molar-refractivity contribution in [3.8, 4) is 11.5 Å². The van der Waals surface area contributed by atoms with Gasteiger partial charge in [0.2, 0.25) is 0 Å². The fourth-order valence-electron chi connectivity index (χ4n) is 5.58. The highest BCUT2D eigenvalue weighted by atomic mass is 19.1. The van der Waals surface area contributed by atoms with Crippen LogP contribution in [0.5, 0.6) is 11.5 Å². The van der Waals surface area contributed by atoms with Crippen molar-refractivity contribution in [2.45, 2.75) is 50.1 Å². The van der Waals surface area contributed by atoms with Gasteiger partial charge in [-0.1, -0.05) is 36.8 Å². The number of piperidine rings is 1. The number of methoxy groups -OCH3 is 1. The molecule has 0 radical (unpaired) electrons. The van der Waals surface area contributed by atoms with E-state index in [0.717, 1.165) is 56.0 Å². The van der Waals surface area contributed by atoms with Gasteiger partial charge >= 0.3 is 0 Å². The molecule has 2 atom stereocenters. The fraction of sp³-hybridized carbons (Fsp3) is 0.400. The summed E-state index contributed by atoms with van der Waals surface area (Å²) in [6.45, 7) is 2.69. The van der Waals surface area contributed by atoms with Crippen molar-refractivity contribution in [3.05, 3.63) is 94.8 Å². The van der Waals surface area contributed by atoms with Crippen LogP contribution in [0, 0.1) is 5.82 Å². The zero-order valence-corrected chi connectivity index (χ0v) is 20.5. The van der Waals surface area contributed by atoms with E-state index in [1.54, 1.807) is 19.2 Å². The number of hydrogen-bond donors (Lipinski definition) is 2.